The summed E-state index contributed by atoms with van der Waals surface area (Å²) < 4.78 is 5.24. The van der Waals surface area contributed by atoms with Gasteiger partial charge in [-0.2, -0.15) is 0 Å². The van der Waals surface area contributed by atoms with E-state index in [1.54, 1.807) is 11.8 Å². The number of hydrogen-bond acceptors (Lipinski definition) is 4. The molecule has 0 aliphatic carbocycles. The molecule has 0 saturated carbocycles. The number of likely N-dealkylation sites (tertiary alicyclic amines) is 1. The van der Waals surface area contributed by atoms with Crippen molar-refractivity contribution < 1.29 is 19.2 Å². The number of carboxylic acid groups (broad SMARTS) is 1. The third-order valence-electron chi connectivity index (χ3n) is 3.66. The topological polar surface area (TPSA) is 83.6 Å². The molecule has 1 aliphatic heterocycles. The van der Waals surface area contributed by atoms with Gasteiger partial charge in [-0.05, 0) is 19.3 Å². The number of carboxylic acids is 1. The van der Waals surface area contributed by atoms with Gasteiger partial charge in [-0.1, -0.05) is 19.0 Å². The van der Waals surface area contributed by atoms with Gasteiger partial charge in [0, 0.05) is 25.4 Å². The number of carbonyl (C=O) groups is 2. The molecule has 6 nitrogen and oxygen atoms in total. The van der Waals surface area contributed by atoms with E-state index < -0.39 is 5.97 Å². The highest BCUT2D eigenvalue weighted by Gasteiger charge is 2.32. The Morgan fingerprint density at radius 2 is 2.20 bits per heavy atom. The van der Waals surface area contributed by atoms with Crippen molar-refractivity contribution in [3.63, 3.8) is 0 Å². The van der Waals surface area contributed by atoms with Crippen LogP contribution in [0.4, 0.5) is 0 Å². The normalized spacial score (nSPS) is 18.8. The Bertz CT molecular complexity index is 521. The fraction of sp³-hybridized carbons (Fsp3) is 0.643. The second-order valence-corrected chi connectivity index (χ2v) is 5.67. The van der Waals surface area contributed by atoms with Crippen molar-refractivity contribution in [3.05, 3.63) is 17.0 Å². The van der Waals surface area contributed by atoms with E-state index in [1.807, 2.05) is 13.8 Å². The Balaban J connectivity index is 2.13. The average molecular weight is 280 g/mol. The molecular weight excluding hydrogens is 260 g/mol. The molecule has 1 atom stereocenters. The molecule has 110 valence electrons. The fourth-order valence-corrected chi connectivity index (χ4v) is 2.63. The quantitative estimate of drug-likeness (QED) is 0.912. The molecule has 20 heavy (non-hydrogen) atoms. The lowest BCUT2D eigenvalue weighted by atomic mass is 10.0. The van der Waals surface area contributed by atoms with Crippen LogP contribution in [0, 0.1) is 12.8 Å². The minimum Gasteiger partial charge on any atom is -0.481 e. The van der Waals surface area contributed by atoms with Crippen LogP contribution in [0.3, 0.4) is 0 Å². The molecule has 0 radical (unpaired) electrons. The van der Waals surface area contributed by atoms with E-state index in [9.17, 15) is 9.59 Å². The van der Waals surface area contributed by atoms with Crippen molar-refractivity contribution in [1.29, 1.82) is 0 Å². The Kier molecular flexibility index (Phi) is 4.11. The highest BCUT2D eigenvalue weighted by molar-refractivity contribution is 5.96. The molecule has 0 spiro atoms. The number of aromatic nitrogens is 1. The fourth-order valence-electron chi connectivity index (χ4n) is 2.63. The first kappa shape index (κ1) is 14.6. The van der Waals surface area contributed by atoms with Crippen LogP contribution in [-0.2, 0) is 4.79 Å². The number of amides is 1. The van der Waals surface area contributed by atoms with E-state index in [0.29, 0.717) is 30.1 Å². The molecule has 1 saturated heterocycles. The first-order valence-corrected chi connectivity index (χ1v) is 6.87. The van der Waals surface area contributed by atoms with Crippen molar-refractivity contribution in [2.45, 2.75) is 39.5 Å². The summed E-state index contributed by atoms with van der Waals surface area (Å²) in [6, 6.07) is 0. The number of aryl methyl sites for hydroxylation is 1. The molecule has 1 fully saturated rings. The summed E-state index contributed by atoms with van der Waals surface area (Å²) in [5.74, 6) is -0.172. The minimum absolute atomic E-state index is 0.0408. The number of hydrogen-bond donors (Lipinski definition) is 1. The van der Waals surface area contributed by atoms with Crippen molar-refractivity contribution in [1.82, 2.24) is 10.1 Å². The van der Waals surface area contributed by atoms with Crippen LogP contribution in [0.15, 0.2) is 4.52 Å². The summed E-state index contributed by atoms with van der Waals surface area (Å²) in [7, 11) is 0. The maximum absolute atomic E-state index is 12.6. The van der Waals surface area contributed by atoms with E-state index >= 15 is 0 Å². The number of aliphatic carboxylic acids is 1. The van der Waals surface area contributed by atoms with Crippen LogP contribution < -0.4 is 0 Å². The molecule has 6 heteroatoms. The molecule has 0 bridgehead atoms. The molecule has 1 aromatic heterocycles. The van der Waals surface area contributed by atoms with E-state index in [0.717, 1.165) is 6.42 Å². The predicted octanol–water partition coefficient (Wildman–Crippen LogP) is 2.04. The van der Waals surface area contributed by atoms with Gasteiger partial charge in [-0.15, -0.1) is 0 Å². The second kappa shape index (κ2) is 5.64. The zero-order valence-electron chi connectivity index (χ0n) is 12.0. The zero-order chi connectivity index (χ0) is 14.9. The molecule has 2 heterocycles. The van der Waals surface area contributed by atoms with Gasteiger partial charge in [-0.25, -0.2) is 0 Å². The Morgan fingerprint density at radius 1 is 1.50 bits per heavy atom. The standard InChI is InChI=1S/C14H20N2O4/c1-8(2)13-12(9(3)15-20-13)14(19)16-5-4-10(7-16)6-11(17)18/h8,10H,4-7H2,1-3H3,(H,17,18). The van der Waals surface area contributed by atoms with Crippen LogP contribution in [0.2, 0.25) is 0 Å². The third-order valence-corrected chi connectivity index (χ3v) is 3.66. The Labute approximate surface area is 117 Å². The number of rotatable bonds is 4. The summed E-state index contributed by atoms with van der Waals surface area (Å²) in [6.45, 7) is 6.75. The molecular formula is C14H20N2O4. The smallest absolute Gasteiger partial charge is 0.303 e. The highest BCUT2D eigenvalue weighted by Crippen LogP contribution is 2.27. The highest BCUT2D eigenvalue weighted by atomic mass is 16.5. The monoisotopic (exact) mass is 280 g/mol. The lowest BCUT2D eigenvalue weighted by molar-refractivity contribution is -0.138. The largest absolute Gasteiger partial charge is 0.481 e. The van der Waals surface area contributed by atoms with Gasteiger partial charge in [0.05, 0.1) is 5.69 Å². The number of carbonyl (C=O) groups excluding carboxylic acids is 1. The molecule has 1 unspecified atom stereocenters. The SMILES string of the molecule is Cc1noc(C(C)C)c1C(=O)N1CCC(CC(=O)O)C1. The van der Waals surface area contributed by atoms with Gasteiger partial charge in [0.25, 0.3) is 5.91 Å². The summed E-state index contributed by atoms with van der Waals surface area (Å²) in [4.78, 5) is 25.0. The average Bonchev–Trinajstić information content (AvgIpc) is 2.94. The summed E-state index contributed by atoms with van der Waals surface area (Å²) in [5.41, 5.74) is 1.14. The molecule has 1 aromatic rings. The molecule has 1 aliphatic rings. The Hall–Kier alpha value is -1.85. The van der Waals surface area contributed by atoms with Crippen molar-refractivity contribution >= 4 is 11.9 Å². The van der Waals surface area contributed by atoms with Gasteiger partial charge in [0.1, 0.15) is 5.56 Å². The van der Waals surface area contributed by atoms with Crippen molar-refractivity contribution in [2.75, 3.05) is 13.1 Å². The Morgan fingerprint density at radius 3 is 2.80 bits per heavy atom. The maximum atomic E-state index is 12.6. The number of nitrogens with zero attached hydrogens (tertiary/aromatic N) is 2. The van der Waals surface area contributed by atoms with E-state index in [4.69, 9.17) is 9.63 Å². The summed E-state index contributed by atoms with van der Waals surface area (Å²) >= 11 is 0. The van der Waals surface area contributed by atoms with E-state index in [2.05, 4.69) is 5.16 Å². The van der Waals surface area contributed by atoms with Gasteiger partial charge < -0.3 is 14.5 Å². The van der Waals surface area contributed by atoms with Gasteiger partial charge >= 0.3 is 5.97 Å². The summed E-state index contributed by atoms with van der Waals surface area (Å²) in [6.07, 6.45) is 0.850. The molecule has 1 amide bonds. The maximum Gasteiger partial charge on any atom is 0.303 e. The molecule has 1 N–H and O–H groups in total. The van der Waals surface area contributed by atoms with Crippen molar-refractivity contribution in [3.8, 4) is 0 Å². The van der Waals surface area contributed by atoms with Crippen LogP contribution in [0.25, 0.3) is 0 Å². The molecule has 2 rings (SSSR count). The zero-order valence-corrected chi connectivity index (χ0v) is 12.0. The first-order chi connectivity index (χ1) is 9.40. The lowest BCUT2D eigenvalue weighted by Crippen LogP contribution is -2.30. The lowest BCUT2D eigenvalue weighted by Gasteiger charge is -2.16. The predicted molar refractivity (Wildman–Crippen MR) is 71.6 cm³/mol. The van der Waals surface area contributed by atoms with Crippen LogP contribution >= 0.6 is 0 Å². The summed E-state index contributed by atoms with van der Waals surface area (Å²) in [5, 5.41) is 12.7. The second-order valence-electron chi connectivity index (χ2n) is 5.67. The first-order valence-electron chi connectivity index (χ1n) is 6.87. The molecule has 0 aromatic carbocycles. The van der Waals surface area contributed by atoms with Gasteiger partial charge in [0.15, 0.2) is 5.76 Å². The van der Waals surface area contributed by atoms with Crippen molar-refractivity contribution in [2.24, 2.45) is 5.92 Å². The third kappa shape index (κ3) is 2.84. The van der Waals surface area contributed by atoms with Crippen LogP contribution in [0.1, 0.15) is 54.4 Å². The minimum atomic E-state index is -0.812. The van der Waals surface area contributed by atoms with E-state index in [1.165, 1.54) is 0 Å². The van der Waals surface area contributed by atoms with Gasteiger partial charge in [-0.3, -0.25) is 9.59 Å². The van der Waals surface area contributed by atoms with Crippen LogP contribution in [-0.4, -0.2) is 40.1 Å². The van der Waals surface area contributed by atoms with E-state index in [-0.39, 0.29) is 24.2 Å². The van der Waals surface area contributed by atoms with Crippen LogP contribution in [0.5, 0.6) is 0 Å². The van der Waals surface area contributed by atoms with Gasteiger partial charge in [0.2, 0.25) is 0 Å².